The number of esters is 1. The Labute approximate surface area is 269 Å². The zero-order valence-corrected chi connectivity index (χ0v) is 27.0. The van der Waals surface area contributed by atoms with Gasteiger partial charge in [-0.25, -0.2) is 14.9 Å². The number of nitrogens with one attached hydrogen (secondary N) is 5. The van der Waals surface area contributed by atoms with Crippen LogP contribution in [-0.4, -0.2) is 107 Å². The van der Waals surface area contributed by atoms with Gasteiger partial charge in [0.25, 0.3) is 5.96 Å². The summed E-state index contributed by atoms with van der Waals surface area (Å²) in [6.07, 6.45) is 3.88. The standard InChI is InChI=1S/C27H47N9O8.ClH/c1-4-5-15-44-26(41)18(9-6-12-30-27(29)33-36(42)43)32-24(39)20-11-7-13-34(20)21(37)16-31-23(38)19-10-8-14-35(19)25(40)22(28)17(2)3;/h17-20,22H,4-16,28H2,1-3H3,(H,31,38)(H,32,39)(H3,29,30,33);1H/t18-,19-,20-,22-;/m0./s1. The first kappa shape index (κ1) is 39.3. The number of guanidine groups is 1. The molecule has 0 radical (unpaired) electrons. The Morgan fingerprint density at radius 2 is 1.64 bits per heavy atom. The molecule has 17 nitrogen and oxygen atoms in total. The first-order valence-electron chi connectivity index (χ1n) is 15.2. The molecule has 0 aliphatic carbocycles. The molecule has 2 aliphatic heterocycles. The Kier molecular flexibility index (Phi) is 17.1. The third-order valence-electron chi connectivity index (χ3n) is 7.65. The number of hydrogen-bond acceptors (Lipinski definition) is 10. The summed E-state index contributed by atoms with van der Waals surface area (Å²) in [5.74, 6) is -3.00. The van der Waals surface area contributed by atoms with E-state index in [1.165, 1.54) is 9.80 Å². The zero-order chi connectivity index (χ0) is 32.8. The maximum absolute atomic E-state index is 13.3. The summed E-state index contributed by atoms with van der Waals surface area (Å²) < 4.78 is 5.30. The highest BCUT2D eigenvalue weighted by Gasteiger charge is 2.39. The number of ether oxygens (including phenoxy) is 1. The largest absolute Gasteiger partial charge is 0.464 e. The Morgan fingerprint density at radius 3 is 2.24 bits per heavy atom. The van der Waals surface area contributed by atoms with Crippen molar-refractivity contribution >= 4 is 48.0 Å². The summed E-state index contributed by atoms with van der Waals surface area (Å²) in [6, 6.07) is -3.32. The van der Waals surface area contributed by atoms with Gasteiger partial charge in [0.1, 0.15) is 18.1 Å². The number of nitrogens with zero attached hydrogens (tertiary/aromatic N) is 3. The molecule has 0 unspecified atom stereocenters. The Morgan fingerprint density at radius 1 is 1.02 bits per heavy atom. The number of halogens is 1. The highest BCUT2D eigenvalue weighted by atomic mass is 35.5. The maximum Gasteiger partial charge on any atom is 0.328 e. The third kappa shape index (κ3) is 12.3. The first-order valence-corrected chi connectivity index (χ1v) is 15.2. The van der Waals surface area contributed by atoms with Crippen molar-refractivity contribution in [3.05, 3.63) is 10.1 Å². The molecular weight excluding hydrogens is 614 g/mol. The summed E-state index contributed by atoms with van der Waals surface area (Å²) in [5, 5.41) is 24.8. The predicted molar refractivity (Wildman–Crippen MR) is 165 cm³/mol. The summed E-state index contributed by atoms with van der Waals surface area (Å²) >= 11 is 0. The van der Waals surface area contributed by atoms with Gasteiger partial charge in [0.05, 0.1) is 19.2 Å². The smallest absolute Gasteiger partial charge is 0.328 e. The van der Waals surface area contributed by atoms with Gasteiger partial charge < -0.3 is 36.2 Å². The van der Waals surface area contributed by atoms with Gasteiger partial charge in [-0.2, -0.15) is 0 Å². The summed E-state index contributed by atoms with van der Waals surface area (Å²) in [4.78, 5) is 78.1. The minimum absolute atomic E-state index is 0. The molecule has 45 heavy (non-hydrogen) atoms. The van der Waals surface area contributed by atoms with Crippen molar-refractivity contribution in [2.45, 2.75) is 96.3 Å². The van der Waals surface area contributed by atoms with Crippen LogP contribution in [0.3, 0.4) is 0 Å². The molecule has 18 heteroatoms. The van der Waals surface area contributed by atoms with Crippen molar-refractivity contribution in [3.8, 4) is 0 Å². The number of carbonyl (C=O) groups is 5. The molecule has 4 atom stereocenters. The number of rotatable bonds is 16. The number of nitro groups is 1. The van der Waals surface area contributed by atoms with Crippen LogP contribution in [0.2, 0.25) is 0 Å². The minimum atomic E-state index is -1.03. The highest BCUT2D eigenvalue weighted by molar-refractivity contribution is 5.94. The molecule has 2 heterocycles. The van der Waals surface area contributed by atoms with E-state index in [4.69, 9.17) is 15.9 Å². The van der Waals surface area contributed by atoms with Gasteiger partial charge in [-0.05, 0) is 50.9 Å². The van der Waals surface area contributed by atoms with Crippen LogP contribution in [0, 0.1) is 21.4 Å². The molecule has 0 aromatic heterocycles. The molecular formula is C27H48ClN9O8. The van der Waals surface area contributed by atoms with Crippen molar-refractivity contribution in [1.29, 1.82) is 5.41 Å². The van der Waals surface area contributed by atoms with Crippen molar-refractivity contribution < 1.29 is 33.7 Å². The van der Waals surface area contributed by atoms with Gasteiger partial charge in [-0.3, -0.25) is 24.6 Å². The highest BCUT2D eigenvalue weighted by Crippen LogP contribution is 2.21. The second-order valence-corrected chi connectivity index (χ2v) is 11.3. The summed E-state index contributed by atoms with van der Waals surface area (Å²) in [7, 11) is 0. The first-order chi connectivity index (χ1) is 20.9. The lowest BCUT2D eigenvalue weighted by atomic mass is 10.0. The van der Waals surface area contributed by atoms with Gasteiger partial charge in [0.2, 0.25) is 23.6 Å². The van der Waals surface area contributed by atoms with Crippen LogP contribution in [0.5, 0.6) is 0 Å². The number of carbonyl (C=O) groups excluding carboxylic acids is 5. The Hall–Kier alpha value is -3.73. The van der Waals surface area contributed by atoms with Crippen LogP contribution >= 0.6 is 12.4 Å². The molecule has 0 saturated carbocycles. The third-order valence-corrected chi connectivity index (χ3v) is 7.65. The van der Waals surface area contributed by atoms with E-state index in [1.807, 2.05) is 20.8 Å². The average Bonchev–Trinajstić information content (AvgIpc) is 3.66. The molecule has 2 fully saturated rings. The van der Waals surface area contributed by atoms with E-state index in [0.717, 1.165) is 6.42 Å². The monoisotopic (exact) mass is 661 g/mol. The van der Waals surface area contributed by atoms with Gasteiger partial charge in [-0.1, -0.05) is 32.6 Å². The topological polar surface area (TPSA) is 242 Å². The lowest BCUT2D eigenvalue weighted by Crippen LogP contribution is -2.55. The van der Waals surface area contributed by atoms with Crippen molar-refractivity contribution in [2.24, 2.45) is 11.7 Å². The van der Waals surface area contributed by atoms with Crippen LogP contribution in [0.15, 0.2) is 0 Å². The SMILES string of the molecule is CCCCOC(=O)[C@H](CCCNC(=N)N[N+](=O)[O-])NC(=O)[C@@H]1CCCN1C(=O)CNC(=O)[C@@H]1CCCN1C(=O)[C@@H](N)C(C)C.Cl. The van der Waals surface area contributed by atoms with Crippen molar-refractivity contribution in [3.63, 3.8) is 0 Å². The van der Waals surface area contributed by atoms with Crippen LogP contribution in [0.1, 0.15) is 72.1 Å². The van der Waals surface area contributed by atoms with E-state index in [-0.39, 0.29) is 56.8 Å². The molecule has 4 amide bonds. The Balaban J connectivity index is 0.0000101. The maximum atomic E-state index is 13.3. The molecule has 2 aliphatic rings. The number of nitrogens with two attached hydrogens (primary N) is 1. The van der Waals surface area contributed by atoms with Gasteiger partial charge in [0.15, 0.2) is 5.03 Å². The number of likely N-dealkylation sites (tertiary alicyclic amines) is 2. The van der Waals surface area contributed by atoms with Gasteiger partial charge >= 0.3 is 5.97 Å². The number of unbranched alkanes of at least 4 members (excludes halogenated alkanes) is 1. The molecule has 0 aromatic carbocycles. The number of hydrogen-bond donors (Lipinski definition) is 6. The van der Waals surface area contributed by atoms with Crippen LogP contribution in [0.25, 0.3) is 0 Å². The molecule has 0 aromatic rings. The number of hydrazine groups is 1. The van der Waals surface area contributed by atoms with Crippen molar-refractivity contribution in [1.82, 2.24) is 31.2 Å². The average molecular weight is 662 g/mol. The van der Waals surface area contributed by atoms with Crippen LogP contribution in [-0.2, 0) is 28.7 Å². The Bertz CT molecular complexity index is 1060. The zero-order valence-electron chi connectivity index (χ0n) is 26.2. The lowest BCUT2D eigenvalue weighted by molar-refractivity contribution is -0.525. The second kappa shape index (κ2) is 19.6. The summed E-state index contributed by atoms with van der Waals surface area (Å²) in [6.45, 7) is 6.25. The van der Waals surface area contributed by atoms with E-state index in [9.17, 15) is 34.1 Å². The molecule has 2 saturated heterocycles. The second-order valence-electron chi connectivity index (χ2n) is 11.3. The predicted octanol–water partition coefficient (Wildman–Crippen LogP) is -0.596. The number of amides is 4. The van der Waals surface area contributed by atoms with Crippen LogP contribution in [0.4, 0.5) is 0 Å². The van der Waals surface area contributed by atoms with E-state index in [1.54, 1.807) is 5.43 Å². The van der Waals surface area contributed by atoms with Gasteiger partial charge in [0, 0.05) is 19.6 Å². The quantitative estimate of drug-likeness (QED) is 0.0305. The molecule has 7 N–H and O–H groups in total. The molecule has 256 valence electrons. The van der Waals surface area contributed by atoms with Crippen molar-refractivity contribution in [2.75, 3.05) is 32.8 Å². The van der Waals surface area contributed by atoms with E-state index < -0.39 is 58.9 Å². The lowest BCUT2D eigenvalue weighted by Gasteiger charge is -2.29. The molecule has 0 spiro atoms. The van der Waals surface area contributed by atoms with E-state index in [0.29, 0.717) is 45.2 Å². The summed E-state index contributed by atoms with van der Waals surface area (Å²) in [5.41, 5.74) is 7.68. The van der Waals surface area contributed by atoms with Crippen LogP contribution < -0.4 is 27.1 Å². The van der Waals surface area contributed by atoms with Gasteiger partial charge in [-0.15, -0.1) is 12.4 Å². The molecule has 0 bridgehead atoms. The fraction of sp³-hybridized carbons (Fsp3) is 0.778. The normalized spacial score (nSPS) is 18.8. The molecule has 2 rings (SSSR count). The fourth-order valence-corrected chi connectivity index (χ4v) is 5.08. The fourth-order valence-electron chi connectivity index (χ4n) is 5.08. The minimum Gasteiger partial charge on any atom is -0.464 e. The van der Waals surface area contributed by atoms with E-state index >= 15 is 0 Å². The van der Waals surface area contributed by atoms with E-state index in [2.05, 4.69) is 16.0 Å².